The maximum Gasteiger partial charge on any atom is 0.417 e. The van der Waals surface area contributed by atoms with Gasteiger partial charge in [-0.25, -0.2) is 18.2 Å². The zero-order valence-electron chi connectivity index (χ0n) is 20.4. The number of ether oxygens (including phenoxy) is 1. The van der Waals surface area contributed by atoms with Gasteiger partial charge in [0, 0.05) is 42.6 Å². The number of nitrogens with zero attached hydrogens (tertiary/aromatic N) is 3. The molecule has 0 atom stereocenters. The highest BCUT2D eigenvalue weighted by atomic mass is 19.4. The summed E-state index contributed by atoms with van der Waals surface area (Å²) in [5.74, 6) is -5.38. The normalized spacial score (nSPS) is 12.1. The third-order valence-corrected chi connectivity index (χ3v) is 6.55. The van der Waals surface area contributed by atoms with Crippen molar-refractivity contribution in [3.63, 3.8) is 0 Å². The number of alkyl halides is 3. The van der Waals surface area contributed by atoms with E-state index in [4.69, 9.17) is 4.74 Å². The smallest absolute Gasteiger partial charge is 0.392 e. The quantitative estimate of drug-likeness (QED) is 0.166. The van der Waals surface area contributed by atoms with E-state index >= 15 is 0 Å². The van der Waals surface area contributed by atoms with Gasteiger partial charge < -0.3 is 18.8 Å². The number of methoxy groups -OCH3 is 1. The summed E-state index contributed by atoms with van der Waals surface area (Å²) in [6, 6.07) is 7.48. The predicted molar refractivity (Wildman–Crippen MR) is 128 cm³/mol. The van der Waals surface area contributed by atoms with Crippen molar-refractivity contribution < 1.29 is 41.0 Å². The van der Waals surface area contributed by atoms with E-state index in [1.807, 2.05) is 0 Å². The van der Waals surface area contributed by atoms with Crippen LogP contribution in [0.25, 0.3) is 27.7 Å². The fourth-order valence-corrected chi connectivity index (χ4v) is 4.75. The van der Waals surface area contributed by atoms with E-state index in [9.17, 15) is 36.2 Å². The first-order valence-corrected chi connectivity index (χ1v) is 11.5. The maximum absolute atomic E-state index is 14.4. The van der Waals surface area contributed by atoms with E-state index in [1.54, 1.807) is 0 Å². The van der Waals surface area contributed by atoms with Gasteiger partial charge in [0.2, 0.25) is 5.78 Å². The molecule has 0 radical (unpaired) electrons. The van der Waals surface area contributed by atoms with Gasteiger partial charge in [-0.2, -0.15) is 13.2 Å². The van der Waals surface area contributed by atoms with Gasteiger partial charge >= 0.3 is 6.18 Å². The van der Waals surface area contributed by atoms with Crippen LogP contribution in [0.2, 0.25) is 0 Å². The van der Waals surface area contributed by atoms with E-state index in [0.717, 1.165) is 6.07 Å². The van der Waals surface area contributed by atoms with E-state index in [2.05, 4.69) is 4.98 Å². The largest absolute Gasteiger partial charge is 0.417 e. The Bertz CT molecular complexity index is 1750. The molecular formula is C27H19F6N3O3. The zero-order valence-corrected chi connectivity index (χ0v) is 20.4. The third kappa shape index (κ3) is 4.25. The molecule has 2 aromatic carbocycles. The minimum absolute atomic E-state index is 0.0249. The van der Waals surface area contributed by atoms with Crippen LogP contribution >= 0.6 is 0 Å². The maximum atomic E-state index is 14.4. The lowest BCUT2D eigenvalue weighted by molar-refractivity contribution is -0.137. The van der Waals surface area contributed by atoms with Crippen LogP contribution in [0.5, 0.6) is 0 Å². The molecule has 39 heavy (non-hydrogen) atoms. The topological polar surface area (TPSA) is 68.8 Å². The van der Waals surface area contributed by atoms with Crippen LogP contribution in [0, 0.1) is 17.5 Å². The molecule has 0 fully saturated rings. The summed E-state index contributed by atoms with van der Waals surface area (Å²) in [7, 11) is 2.96. The number of hydrogen-bond acceptors (Lipinski definition) is 4. The number of aliphatic hydroxyl groups is 1. The highest BCUT2D eigenvalue weighted by Gasteiger charge is 2.37. The van der Waals surface area contributed by atoms with Gasteiger partial charge in [0.15, 0.2) is 17.5 Å². The summed E-state index contributed by atoms with van der Waals surface area (Å²) in [6.45, 7) is -0.752. The fourth-order valence-electron chi connectivity index (χ4n) is 4.75. The van der Waals surface area contributed by atoms with Crippen LogP contribution in [-0.4, -0.2) is 32.0 Å². The Kier molecular flexibility index (Phi) is 6.47. The van der Waals surface area contributed by atoms with Gasteiger partial charge in [-0.3, -0.25) is 4.79 Å². The average Bonchev–Trinajstić information content (AvgIpc) is 3.46. The molecule has 5 rings (SSSR count). The number of imidazole rings is 1. The molecular weight excluding hydrogens is 528 g/mol. The molecule has 202 valence electrons. The number of aryl methyl sites for hydroxylation is 1. The second-order valence-electron chi connectivity index (χ2n) is 8.80. The molecule has 0 aliphatic rings. The molecule has 12 heteroatoms. The van der Waals surface area contributed by atoms with Crippen molar-refractivity contribution in [2.24, 2.45) is 7.05 Å². The standard InChI is InChI=1S/C27H19F6N3O3/c1-35-21-10-16(27(31,32)33)23(15(11-37)25(21)34-22(35)12-39-2)14-4-3-7-36-19(14)5-6-20(36)26(38)13-8-17(28)24(30)18(29)9-13/h3-10,37H,11-12H2,1-2H3. The van der Waals surface area contributed by atoms with Gasteiger partial charge in [0.25, 0.3) is 0 Å². The molecule has 0 saturated carbocycles. The Morgan fingerprint density at radius 1 is 1.05 bits per heavy atom. The first-order valence-electron chi connectivity index (χ1n) is 11.5. The van der Waals surface area contributed by atoms with Gasteiger partial charge in [-0.05, 0) is 36.4 Å². The van der Waals surface area contributed by atoms with E-state index < -0.39 is 47.1 Å². The SMILES string of the molecule is COCc1nc2c(CO)c(-c3cccn4c(C(=O)c5cc(F)c(F)c(F)c5)ccc34)c(C(F)(F)F)cc2n1C. The number of halogens is 6. The summed E-state index contributed by atoms with van der Waals surface area (Å²) >= 11 is 0. The molecule has 0 bridgehead atoms. The molecule has 1 N–H and O–H groups in total. The van der Waals surface area contributed by atoms with Crippen molar-refractivity contribution in [1.82, 2.24) is 14.0 Å². The number of rotatable bonds is 6. The Morgan fingerprint density at radius 2 is 1.74 bits per heavy atom. The summed E-state index contributed by atoms with van der Waals surface area (Å²) in [6.07, 6.45) is -3.44. The summed E-state index contributed by atoms with van der Waals surface area (Å²) in [5, 5.41) is 10.3. The van der Waals surface area contributed by atoms with Crippen LogP contribution in [0.15, 0.2) is 48.7 Å². The number of hydrogen-bond donors (Lipinski definition) is 1. The van der Waals surface area contributed by atoms with Crippen molar-refractivity contribution in [1.29, 1.82) is 0 Å². The number of ketones is 1. The Balaban J connectivity index is 1.78. The minimum atomic E-state index is -4.83. The molecule has 0 amide bonds. The molecule has 0 spiro atoms. The Morgan fingerprint density at radius 3 is 2.36 bits per heavy atom. The van der Waals surface area contributed by atoms with E-state index in [-0.39, 0.29) is 45.5 Å². The van der Waals surface area contributed by atoms with Crippen molar-refractivity contribution in [2.75, 3.05) is 7.11 Å². The molecule has 3 heterocycles. The van der Waals surface area contributed by atoms with E-state index in [1.165, 1.54) is 53.6 Å². The molecule has 3 aromatic heterocycles. The molecule has 6 nitrogen and oxygen atoms in total. The lowest BCUT2D eigenvalue weighted by Gasteiger charge is -2.18. The lowest BCUT2D eigenvalue weighted by atomic mass is 9.92. The highest BCUT2D eigenvalue weighted by molar-refractivity contribution is 6.09. The number of pyridine rings is 1. The summed E-state index contributed by atoms with van der Waals surface area (Å²) in [5.41, 5.74) is -1.58. The summed E-state index contributed by atoms with van der Waals surface area (Å²) < 4.78 is 92.0. The molecule has 5 aromatic rings. The molecule has 0 aliphatic carbocycles. The Hall–Kier alpha value is -4.16. The average molecular weight is 547 g/mol. The van der Waals surface area contributed by atoms with Crippen molar-refractivity contribution in [3.05, 3.63) is 94.3 Å². The number of benzene rings is 2. The Labute approximate surface area is 216 Å². The molecule has 0 saturated heterocycles. The first kappa shape index (κ1) is 26.4. The number of fused-ring (bicyclic) bond motifs is 2. The monoisotopic (exact) mass is 547 g/mol. The van der Waals surface area contributed by atoms with Gasteiger partial charge in [0.1, 0.15) is 12.4 Å². The number of carbonyl (C=O) groups excluding carboxylic acids is 1. The van der Waals surface area contributed by atoms with Crippen LogP contribution in [-0.2, 0) is 31.2 Å². The molecule has 0 aliphatic heterocycles. The predicted octanol–water partition coefficient (Wildman–Crippen LogP) is 5.80. The van der Waals surface area contributed by atoms with Gasteiger partial charge in [0.05, 0.1) is 34.4 Å². The third-order valence-electron chi connectivity index (χ3n) is 6.55. The second kappa shape index (κ2) is 9.54. The van der Waals surface area contributed by atoms with Crippen molar-refractivity contribution in [2.45, 2.75) is 19.4 Å². The second-order valence-corrected chi connectivity index (χ2v) is 8.80. The minimum Gasteiger partial charge on any atom is -0.392 e. The van der Waals surface area contributed by atoms with Gasteiger partial charge in [-0.15, -0.1) is 0 Å². The lowest BCUT2D eigenvalue weighted by Crippen LogP contribution is -2.11. The first-order chi connectivity index (χ1) is 18.5. The van der Waals surface area contributed by atoms with Crippen molar-refractivity contribution >= 4 is 22.3 Å². The van der Waals surface area contributed by atoms with Crippen LogP contribution in [0.3, 0.4) is 0 Å². The summed E-state index contributed by atoms with van der Waals surface area (Å²) in [4.78, 5) is 17.5. The van der Waals surface area contributed by atoms with Gasteiger partial charge in [-0.1, -0.05) is 6.07 Å². The molecule has 0 unspecified atom stereocenters. The number of carbonyl (C=O) groups is 1. The zero-order chi connectivity index (χ0) is 28.2. The van der Waals surface area contributed by atoms with Crippen molar-refractivity contribution in [3.8, 4) is 11.1 Å². The van der Waals surface area contributed by atoms with Crippen LogP contribution in [0.1, 0.15) is 33.0 Å². The number of aliphatic hydroxyl groups excluding tert-OH is 1. The van der Waals surface area contributed by atoms with Crippen LogP contribution in [0.4, 0.5) is 26.3 Å². The van der Waals surface area contributed by atoms with E-state index in [0.29, 0.717) is 18.0 Å². The highest BCUT2D eigenvalue weighted by Crippen LogP contribution is 2.44. The number of aromatic nitrogens is 3. The van der Waals surface area contributed by atoms with Crippen LogP contribution < -0.4 is 0 Å². The fraction of sp³-hybridized carbons (Fsp3) is 0.185.